The summed E-state index contributed by atoms with van der Waals surface area (Å²) in [6, 6.07) is 0.723. The lowest BCUT2D eigenvalue weighted by Gasteiger charge is -2.39. The van der Waals surface area contributed by atoms with E-state index in [0.29, 0.717) is 5.92 Å². The fraction of sp³-hybridized carbons (Fsp3) is 1.00. The van der Waals surface area contributed by atoms with Gasteiger partial charge in [-0.3, -0.25) is 0 Å². The lowest BCUT2D eigenvalue weighted by molar-refractivity contribution is -0.0161. The molecule has 7 unspecified atom stereocenters. The highest BCUT2D eigenvalue weighted by atomic mass is 16.3. The molecule has 2 bridgehead atoms. The molecule has 4 aliphatic carbocycles. The number of fused-ring (bicyclic) bond motifs is 5. The minimum Gasteiger partial charge on any atom is -0.389 e. The molecule has 4 fully saturated rings. The summed E-state index contributed by atoms with van der Waals surface area (Å²) in [5.74, 6) is 4.78. The van der Waals surface area contributed by atoms with Crippen LogP contribution >= 0.6 is 0 Å². The normalized spacial score (nSPS) is 54.3. The molecule has 20 heavy (non-hydrogen) atoms. The Labute approximate surface area is 123 Å². The number of hydrogen-bond donors (Lipinski definition) is 2. The second-order valence-electron chi connectivity index (χ2n) is 8.57. The molecule has 0 saturated heterocycles. The van der Waals surface area contributed by atoms with Crippen molar-refractivity contribution in [1.29, 1.82) is 0 Å². The molecule has 0 heterocycles. The predicted octanol–water partition coefficient (Wildman–Crippen LogP) is 3.34. The van der Waals surface area contributed by atoms with Gasteiger partial charge in [-0.15, -0.1) is 0 Å². The molecule has 0 aliphatic heterocycles. The Morgan fingerprint density at radius 1 is 1.05 bits per heavy atom. The number of aliphatic hydroxyl groups is 1. The van der Waals surface area contributed by atoms with Crippen LogP contribution in [0.5, 0.6) is 0 Å². The van der Waals surface area contributed by atoms with E-state index in [9.17, 15) is 5.11 Å². The summed E-state index contributed by atoms with van der Waals surface area (Å²) in [7, 11) is 0. The summed E-state index contributed by atoms with van der Waals surface area (Å²) in [5, 5.41) is 14.6. The second kappa shape index (κ2) is 4.98. The summed E-state index contributed by atoms with van der Waals surface area (Å²) >= 11 is 0. The maximum absolute atomic E-state index is 10.8. The zero-order chi connectivity index (χ0) is 13.7. The highest BCUT2D eigenvalue weighted by molar-refractivity contribution is 5.06. The first-order valence-corrected chi connectivity index (χ1v) is 9.10. The van der Waals surface area contributed by atoms with Crippen LogP contribution in [0.4, 0.5) is 0 Å². The molecule has 0 spiro atoms. The Morgan fingerprint density at radius 2 is 1.90 bits per heavy atom. The van der Waals surface area contributed by atoms with Crippen LogP contribution in [-0.2, 0) is 0 Å². The number of rotatable bonds is 3. The highest BCUT2D eigenvalue weighted by Gasteiger charge is 2.53. The van der Waals surface area contributed by atoms with Crippen LogP contribution < -0.4 is 5.32 Å². The first kappa shape index (κ1) is 13.6. The van der Waals surface area contributed by atoms with Crippen molar-refractivity contribution in [3.63, 3.8) is 0 Å². The van der Waals surface area contributed by atoms with Crippen LogP contribution in [0.25, 0.3) is 0 Å². The molecular formula is C18H31NO. The van der Waals surface area contributed by atoms with Gasteiger partial charge in [-0.05, 0) is 68.1 Å². The average molecular weight is 277 g/mol. The summed E-state index contributed by atoms with van der Waals surface area (Å²) in [5.41, 5.74) is -0.408. The van der Waals surface area contributed by atoms with Crippen molar-refractivity contribution in [1.82, 2.24) is 5.32 Å². The third-order valence-corrected chi connectivity index (χ3v) is 7.19. The maximum atomic E-state index is 10.8. The lowest BCUT2D eigenvalue weighted by Crippen LogP contribution is -2.49. The van der Waals surface area contributed by atoms with E-state index in [0.717, 1.165) is 49.1 Å². The molecule has 2 N–H and O–H groups in total. The average Bonchev–Trinajstić information content (AvgIpc) is 3.08. The van der Waals surface area contributed by atoms with Gasteiger partial charge in [-0.25, -0.2) is 0 Å². The van der Waals surface area contributed by atoms with Crippen LogP contribution in [0.2, 0.25) is 0 Å². The van der Waals surface area contributed by atoms with Crippen LogP contribution in [0.3, 0.4) is 0 Å². The monoisotopic (exact) mass is 277 g/mol. The first-order chi connectivity index (χ1) is 9.65. The largest absolute Gasteiger partial charge is 0.389 e. The standard InChI is InChI=1S/C18H31NO/c1-12-4-3-7-18(20,10-12)11-19-17-9-13-8-16(17)15-6-2-5-14(13)15/h12-17,19-20H,2-11H2,1H3. The van der Waals surface area contributed by atoms with Crippen LogP contribution in [0, 0.1) is 29.6 Å². The molecule has 4 saturated carbocycles. The molecule has 0 aromatic carbocycles. The van der Waals surface area contributed by atoms with Crippen molar-refractivity contribution < 1.29 is 5.11 Å². The second-order valence-corrected chi connectivity index (χ2v) is 8.57. The fourth-order valence-electron chi connectivity index (χ4n) is 6.42. The molecule has 0 aromatic rings. The van der Waals surface area contributed by atoms with Crippen molar-refractivity contribution in [2.75, 3.05) is 6.54 Å². The van der Waals surface area contributed by atoms with Crippen LogP contribution in [0.15, 0.2) is 0 Å². The molecule has 2 nitrogen and oxygen atoms in total. The van der Waals surface area contributed by atoms with Gasteiger partial charge in [0.05, 0.1) is 5.60 Å². The van der Waals surface area contributed by atoms with E-state index in [4.69, 9.17) is 0 Å². The zero-order valence-corrected chi connectivity index (χ0v) is 13.0. The number of hydrogen-bond acceptors (Lipinski definition) is 2. The Bertz CT molecular complexity index is 370. The van der Waals surface area contributed by atoms with Gasteiger partial charge in [0.15, 0.2) is 0 Å². The van der Waals surface area contributed by atoms with E-state index < -0.39 is 5.60 Å². The van der Waals surface area contributed by atoms with Crippen molar-refractivity contribution in [3.05, 3.63) is 0 Å². The van der Waals surface area contributed by atoms with Crippen LogP contribution in [-0.4, -0.2) is 23.3 Å². The van der Waals surface area contributed by atoms with E-state index in [1.165, 1.54) is 44.9 Å². The smallest absolute Gasteiger partial charge is 0.0774 e. The summed E-state index contributed by atoms with van der Waals surface area (Å²) in [6.45, 7) is 3.15. The predicted molar refractivity (Wildman–Crippen MR) is 81.4 cm³/mol. The van der Waals surface area contributed by atoms with E-state index in [1.807, 2.05) is 0 Å². The van der Waals surface area contributed by atoms with E-state index in [-0.39, 0.29) is 0 Å². The summed E-state index contributed by atoms with van der Waals surface area (Å²) in [6.07, 6.45) is 11.9. The maximum Gasteiger partial charge on any atom is 0.0774 e. The topological polar surface area (TPSA) is 32.3 Å². The van der Waals surface area contributed by atoms with E-state index in [1.54, 1.807) is 0 Å². The Morgan fingerprint density at radius 3 is 2.75 bits per heavy atom. The molecular weight excluding hydrogens is 246 g/mol. The van der Waals surface area contributed by atoms with Crippen LogP contribution in [0.1, 0.15) is 64.7 Å². The molecule has 7 atom stereocenters. The highest BCUT2D eigenvalue weighted by Crippen LogP contribution is 2.58. The molecule has 2 heteroatoms. The van der Waals surface area contributed by atoms with Gasteiger partial charge in [0, 0.05) is 12.6 Å². The third kappa shape index (κ3) is 2.23. The molecule has 0 radical (unpaired) electrons. The van der Waals surface area contributed by atoms with Crippen molar-refractivity contribution in [2.24, 2.45) is 29.6 Å². The van der Waals surface area contributed by atoms with Gasteiger partial charge in [-0.1, -0.05) is 26.2 Å². The quantitative estimate of drug-likeness (QED) is 0.829. The Balaban J connectivity index is 1.34. The number of nitrogens with one attached hydrogen (secondary N) is 1. The van der Waals surface area contributed by atoms with E-state index >= 15 is 0 Å². The van der Waals surface area contributed by atoms with Gasteiger partial charge in [0.25, 0.3) is 0 Å². The van der Waals surface area contributed by atoms with Gasteiger partial charge in [-0.2, -0.15) is 0 Å². The lowest BCUT2D eigenvalue weighted by atomic mass is 9.77. The third-order valence-electron chi connectivity index (χ3n) is 7.19. The molecule has 4 aliphatic rings. The summed E-state index contributed by atoms with van der Waals surface area (Å²) < 4.78 is 0. The Hall–Kier alpha value is -0.0800. The fourth-order valence-corrected chi connectivity index (χ4v) is 6.42. The molecule has 0 amide bonds. The first-order valence-electron chi connectivity index (χ1n) is 9.10. The van der Waals surface area contributed by atoms with Gasteiger partial charge >= 0.3 is 0 Å². The van der Waals surface area contributed by atoms with Crippen molar-refractivity contribution in [2.45, 2.75) is 76.4 Å². The Kier molecular flexibility index (Phi) is 3.38. The zero-order valence-electron chi connectivity index (χ0n) is 13.0. The molecule has 0 aromatic heterocycles. The van der Waals surface area contributed by atoms with E-state index in [2.05, 4.69) is 12.2 Å². The SMILES string of the molecule is CC1CCCC(O)(CNC2CC3CC2C2CCCC32)C1. The minimum absolute atomic E-state index is 0.408. The molecule has 114 valence electrons. The van der Waals surface area contributed by atoms with Gasteiger partial charge < -0.3 is 10.4 Å². The van der Waals surface area contributed by atoms with Gasteiger partial charge in [0.1, 0.15) is 0 Å². The summed E-state index contributed by atoms with van der Waals surface area (Å²) in [4.78, 5) is 0. The van der Waals surface area contributed by atoms with Crippen molar-refractivity contribution in [3.8, 4) is 0 Å². The van der Waals surface area contributed by atoms with Gasteiger partial charge in [0.2, 0.25) is 0 Å². The minimum atomic E-state index is -0.408. The van der Waals surface area contributed by atoms with Crippen molar-refractivity contribution >= 4 is 0 Å². The molecule has 4 rings (SSSR count).